The van der Waals surface area contributed by atoms with Gasteiger partial charge in [-0.2, -0.15) is 9.30 Å². The van der Waals surface area contributed by atoms with Crippen molar-refractivity contribution >= 4 is 49.4 Å². The fraction of sp³-hybridized carbons (Fsp3) is 0.304. The third kappa shape index (κ3) is 5.04. The molecule has 1 amide bonds. The van der Waals surface area contributed by atoms with Crippen LogP contribution >= 0.6 is 11.3 Å². The Bertz CT molecular complexity index is 1470. The number of methoxy groups -OCH3 is 2. The fourth-order valence-electron chi connectivity index (χ4n) is 3.75. The molecule has 3 aromatic rings. The molecule has 1 fully saturated rings. The van der Waals surface area contributed by atoms with Gasteiger partial charge in [-0.15, -0.1) is 0 Å². The number of hydrogen-bond acceptors (Lipinski definition) is 8. The predicted octanol–water partition coefficient (Wildman–Crippen LogP) is 2.19. The van der Waals surface area contributed by atoms with E-state index in [1.807, 2.05) is 0 Å². The average molecular weight is 518 g/mol. The molecule has 0 N–H and O–H groups in total. The Morgan fingerprint density at radius 1 is 0.971 bits per heavy atom. The predicted molar refractivity (Wildman–Crippen MR) is 127 cm³/mol. The van der Waals surface area contributed by atoms with Gasteiger partial charge in [-0.05, 0) is 55.3 Å². The van der Waals surface area contributed by atoms with E-state index in [1.165, 1.54) is 47.4 Å². The number of ether oxygens (including phenoxy) is 2. The Morgan fingerprint density at radius 2 is 1.63 bits per heavy atom. The summed E-state index contributed by atoms with van der Waals surface area (Å²) in [5.41, 5.74) is 1.11. The molecule has 35 heavy (non-hydrogen) atoms. The van der Waals surface area contributed by atoms with Gasteiger partial charge in [0.05, 0.1) is 34.9 Å². The van der Waals surface area contributed by atoms with Gasteiger partial charge in [0.1, 0.15) is 6.54 Å². The first-order valence-electron chi connectivity index (χ1n) is 10.7. The van der Waals surface area contributed by atoms with E-state index in [1.54, 1.807) is 18.2 Å². The highest BCUT2D eigenvalue weighted by atomic mass is 32.2. The third-order valence-corrected chi connectivity index (χ3v) is 8.57. The molecule has 1 saturated heterocycles. The van der Waals surface area contributed by atoms with Crippen molar-refractivity contribution in [3.05, 3.63) is 58.4 Å². The van der Waals surface area contributed by atoms with Gasteiger partial charge in [0.2, 0.25) is 10.0 Å². The number of nitrogens with zero attached hydrogens (tertiary/aromatic N) is 3. The van der Waals surface area contributed by atoms with Gasteiger partial charge >= 0.3 is 11.9 Å². The van der Waals surface area contributed by atoms with Crippen molar-refractivity contribution < 1.29 is 32.3 Å². The molecule has 12 heteroatoms. The van der Waals surface area contributed by atoms with Gasteiger partial charge in [-0.1, -0.05) is 11.3 Å². The SMILES string of the molecule is COC(=O)Cn1c(=NC(=O)c2ccc(S(=O)(=O)N3CCCC3)cc2)sc2cc(C(=O)OC)ccc21. The molecular formula is C23H23N3O7S2. The van der Waals surface area contributed by atoms with Crippen LogP contribution in [-0.4, -0.2) is 62.4 Å². The highest BCUT2D eigenvalue weighted by molar-refractivity contribution is 7.89. The molecule has 0 spiro atoms. The average Bonchev–Trinajstić information content (AvgIpc) is 3.52. The number of esters is 2. The van der Waals surface area contributed by atoms with Gasteiger partial charge in [0.25, 0.3) is 5.91 Å². The van der Waals surface area contributed by atoms with Gasteiger partial charge in [-0.3, -0.25) is 9.59 Å². The monoisotopic (exact) mass is 517 g/mol. The van der Waals surface area contributed by atoms with Gasteiger partial charge in [0, 0.05) is 18.7 Å². The molecule has 1 aliphatic rings. The summed E-state index contributed by atoms with van der Waals surface area (Å²) < 4.78 is 38.5. The highest BCUT2D eigenvalue weighted by Gasteiger charge is 2.27. The number of carbonyl (C=O) groups is 3. The van der Waals surface area contributed by atoms with Crippen LogP contribution in [-0.2, 0) is 30.8 Å². The summed E-state index contributed by atoms with van der Waals surface area (Å²) in [5.74, 6) is -1.65. The first-order valence-corrected chi connectivity index (χ1v) is 13.0. The third-order valence-electron chi connectivity index (χ3n) is 5.62. The molecule has 2 aromatic carbocycles. The lowest BCUT2D eigenvalue weighted by atomic mass is 10.2. The molecule has 0 aliphatic carbocycles. The van der Waals surface area contributed by atoms with Crippen LogP contribution < -0.4 is 4.80 Å². The van der Waals surface area contributed by atoms with Crippen LogP contribution in [0.15, 0.2) is 52.4 Å². The molecule has 1 aromatic heterocycles. The van der Waals surface area contributed by atoms with Crippen LogP contribution in [0.2, 0.25) is 0 Å². The number of fused-ring (bicyclic) bond motifs is 1. The maximum atomic E-state index is 12.9. The number of benzene rings is 2. The van der Waals surface area contributed by atoms with Crippen LogP contribution in [0.3, 0.4) is 0 Å². The zero-order chi connectivity index (χ0) is 25.2. The second-order valence-electron chi connectivity index (χ2n) is 7.77. The number of carbonyl (C=O) groups excluding carboxylic acids is 3. The Kier molecular flexibility index (Phi) is 7.15. The smallest absolute Gasteiger partial charge is 0.337 e. The highest BCUT2D eigenvalue weighted by Crippen LogP contribution is 2.22. The standard InChI is InChI=1S/C23H23N3O7S2/c1-32-20(27)14-26-18-10-7-16(22(29)33-2)13-19(18)34-23(26)24-21(28)15-5-8-17(9-6-15)35(30,31)25-11-3-4-12-25/h5-10,13H,3-4,11-12,14H2,1-2H3. The van der Waals surface area contributed by atoms with Crippen LogP contribution in [0.5, 0.6) is 0 Å². The first-order chi connectivity index (χ1) is 16.7. The molecule has 0 radical (unpaired) electrons. The normalized spacial score (nSPS) is 14.9. The number of sulfonamides is 1. The summed E-state index contributed by atoms with van der Waals surface area (Å²) in [6.07, 6.45) is 1.66. The van der Waals surface area contributed by atoms with Gasteiger partial charge in [-0.25, -0.2) is 13.2 Å². The maximum absolute atomic E-state index is 12.9. The van der Waals surface area contributed by atoms with Gasteiger partial charge < -0.3 is 14.0 Å². The van der Waals surface area contributed by atoms with E-state index < -0.39 is 27.9 Å². The van der Waals surface area contributed by atoms with Crippen molar-refractivity contribution in [3.63, 3.8) is 0 Å². The van der Waals surface area contributed by atoms with Crippen LogP contribution in [0.4, 0.5) is 0 Å². The number of amides is 1. The molecule has 0 atom stereocenters. The van der Waals surface area contributed by atoms with Crippen molar-refractivity contribution in [2.75, 3.05) is 27.3 Å². The minimum absolute atomic E-state index is 0.119. The Hall–Kier alpha value is -3.35. The van der Waals surface area contributed by atoms with Crippen LogP contribution in [0.1, 0.15) is 33.6 Å². The number of rotatable bonds is 6. The molecular weight excluding hydrogens is 494 g/mol. The summed E-state index contributed by atoms with van der Waals surface area (Å²) in [4.78, 5) is 41.3. The van der Waals surface area contributed by atoms with E-state index in [0.29, 0.717) is 28.9 Å². The van der Waals surface area contributed by atoms with Crippen molar-refractivity contribution in [2.24, 2.45) is 4.99 Å². The summed E-state index contributed by atoms with van der Waals surface area (Å²) in [6, 6.07) is 10.4. The minimum Gasteiger partial charge on any atom is -0.468 e. The van der Waals surface area contributed by atoms with E-state index >= 15 is 0 Å². The minimum atomic E-state index is -3.59. The molecule has 1 aliphatic heterocycles. The van der Waals surface area contributed by atoms with Crippen molar-refractivity contribution in [3.8, 4) is 0 Å². The topological polar surface area (TPSA) is 124 Å². The Morgan fingerprint density at radius 3 is 2.26 bits per heavy atom. The molecule has 0 saturated carbocycles. The Labute approximate surface area is 205 Å². The summed E-state index contributed by atoms with van der Waals surface area (Å²) in [6.45, 7) is 0.789. The lowest BCUT2D eigenvalue weighted by Crippen LogP contribution is -2.27. The molecule has 2 heterocycles. The molecule has 4 rings (SSSR count). The zero-order valence-electron chi connectivity index (χ0n) is 19.1. The molecule has 10 nitrogen and oxygen atoms in total. The summed E-state index contributed by atoms with van der Waals surface area (Å²) in [7, 11) is -1.06. The van der Waals surface area contributed by atoms with E-state index in [2.05, 4.69) is 4.99 Å². The number of thiazole rings is 1. The van der Waals surface area contributed by atoms with Crippen LogP contribution in [0.25, 0.3) is 10.2 Å². The second kappa shape index (κ2) is 10.1. The Balaban J connectivity index is 1.71. The van der Waals surface area contributed by atoms with Crippen molar-refractivity contribution in [2.45, 2.75) is 24.3 Å². The summed E-state index contributed by atoms with van der Waals surface area (Å²) in [5, 5.41) is 0. The maximum Gasteiger partial charge on any atom is 0.337 e. The zero-order valence-corrected chi connectivity index (χ0v) is 20.7. The van der Waals surface area contributed by atoms with E-state index in [-0.39, 0.29) is 21.8 Å². The number of aromatic nitrogens is 1. The largest absolute Gasteiger partial charge is 0.468 e. The van der Waals surface area contributed by atoms with E-state index in [9.17, 15) is 22.8 Å². The molecule has 0 bridgehead atoms. The van der Waals surface area contributed by atoms with Crippen molar-refractivity contribution in [1.29, 1.82) is 0 Å². The first kappa shape index (κ1) is 24.8. The lowest BCUT2D eigenvalue weighted by molar-refractivity contribution is -0.141. The molecule has 184 valence electrons. The quantitative estimate of drug-likeness (QED) is 0.459. The number of hydrogen-bond donors (Lipinski definition) is 0. The van der Waals surface area contributed by atoms with Crippen LogP contribution in [0, 0.1) is 0 Å². The van der Waals surface area contributed by atoms with E-state index in [0.717, 1.165) is 24.2 Å². The van der Waals surface area contributed by atoms with Gasteiger partial charge in [0.15, 0.2) is 4.80 Å². The van der Waals surface area contributed by atoms with Crippen molar-refractivity contribution in [1.82, 2.24) is 8.87 Å². The molecule has 0 unspecified atom stereocenters. The summed E-state index contributed by atoms with van der Waals surface area (Å²) >= 11 is 1.12. The second-order valence-corrected chi connectivity index (χ2v) is 10.7. The fourth-order valence-corrected chi connectivity index (χ4v) is 6.33. The van der Waals surface area contributed by atoms with E-state index in [4.69, 9.17) is 9.47 Å². The lowest BCUT2D eigenvalue weighted by Gasteiger charge is -2.15.